The SMILES string of the molecule is CCCN(C(=O)c1cccc(Br)c1F)c1cccc(N)c1. The summed E-state index contributed by atoms with van der Waals surface area (Å²) in [7, 11) is 0. The third-order valence-corrected chi connectivity index (χ3v) is 3.67. The molecule has 0 saturated carbocycles. The second kappa shape index (κ2) is 6.72. The van der Waals surface area contributed by atoms with Crippen LogP contribution >= 0.6 is 15.9 Å². The minimum Gasteiger partial charge on any atom is -0.399 e. The Morgan fingerprint density at radius 1 is 1.29 bits per heavy atom. The molecule has 0 aromatic heterocycles. The molecule has 5 heteroatoms. The predicted molar refractivity (Wildman–Crippen MR) is 86.9 cm³/mol. The van der Waals surface area contributed by atoms with Gasteiger partial charge in [0, 0.05) is 17.9 Å². The van der Waals surface area contributed by atoms with Gasteiger partial charge in [-0.1, -0.05) is 19.1 Å². The van der Waals surface area contributed by atoms with Crippen molar-refractivity contribution in [2.75, 3.05) is 17.2 Å². The molecule has 2 rings (SSSR count). The van der Waals surface area contributed by atoms with Crippen molar-refractivity contribution < 1.29 is 9.18 Å². The minimum atomic E-state index is -0.549. The van der Waals surface area contributed by atoms with Gasteiger partial charge in [0.05, 0.1) is 10.0 Å². The van der Waals surface area contributed by atoms with Crippen LogP contribution in [0.1, 0.15) is 23.7 Å². The molecule has 0 aliphatic rings. The van der Waals surface area contributed by atoms with Gasteiger partial charge >= 0.3 is 0 Å². The lowest BCUT2D eigenvalue weighted by atomic mass is 10.1. The van der Waals surface area contributed by atoms with E-state index in [-0.39, 0.29) is 15.9 Å². The molecule has 0 heterocycles. The van der Waals surface area contributed by atoms with Crippen LogP contribution in [0, 0.1) is 5.82 Å². The fourth-order valence-electron chi connectivity index (χ4n) is 2.08. The zero-order chi connectivity index (χ0) is 15.4. The van der Waals surface area contributed by atoms with Crippen LogP contribution in [0.2, 0.25) is 0 Å². The summed E-state index contributed by atoms with van der Waals surface area (Å²) >= 11 is 3.10. The van der Waals surface area contributed by atoms with Crippen LogP contribution in [0.4, 0.5) is 15.8 Å². The van der Waals surface area contributed by atoms with Crippen molar-refractivity contribution in [2.45, 2.75) is 13.3 Å². The molecule has 110 valence electrons. The van der Waals surface area contributed by atoms with E-state index in [2.05, 4.69) is 15.9 Å². The average molecular weight is 351 g/mol. The number of nitrogens with two attached hydrogens (primary N) is 1. The summed E-state index contributed by atoms with van der Waals surface area (Å²) < 4.78 is 14.4. The summed E-state index contributed by atoms with van der Waals surface area (Å²) in [5.74, 6) is -0.922. The molecular formula is C16H16BrFN2O. The first-order valence-electron chi connectivity index (χ1n) is 6.66. The number of rotatable bonds is 4. The van der Waals surface area contributed by atoms with E-state index < -0.39 is 5.82 Å². The van der Waals surface area contributed by atoms with Gasteiger partial charge in [0.2, 0.25) is 0 Å². The largest absolute Gasteiger partial charge is 0.399 e. The first kappa shape index (κ1) is 15.5. The molecule has 0 radical (unpaired) electrons. The fourth-order valence-corrected chi connectivity index (χ4v) is 2.44. The van der Waals surface area contributed by atoms with Gasteiger partial charge in [-0.15, -0.1) is 0 Å². The van der Waals surface area contributed by atoms with Crippen molar-refractivity contribution in [1.29, 1.82) is 0 Å². The Morgan fingerprint density at radius 2 is 2.00 bits per heavy atom. The highest BCUT2D eigenvalue weighted by atomic mass is 79.9. The van der Waals surface area contributed by atoms with Crippen LogP contribution in [-0.2, 0) is 0 Å². The summed E-state index contributed by atoms with van der Waals surface area (Å²) in [5, 5.41) is 0. The monoisotopic (exact) mass is 350 g/mol. The van der Waals surface area contributed by atoms with Gasteiger partial charge in [0.25, 0.3) is 5.91 Å². The number of carbonyl (C=O) groups is 1. The van der Waals surface area contributed by atoms with Gasteiger partial charge < -0.3 is 10.6 Å². The van der Waals surface area contributed by atoms with Crippen LogP contribution in [0.25, 0.3) is 0 Å². The number of nitrogen functional groups attached to an aromatic ring is 1. The molecule has 0 aliphatic heterocycles. The summed E-state index contributed by atoms with van der Waals surface area (Å²) in [6.07, 6.45) is 0.760. The maximum Gasteiger partial charge on any atom is 0.261 e. The lowest BCUT2D eigenvalue weighted by Crippen LogP contribution is -2.32. The summed E-state index contributed by atoms with van der Waals surface area (Å²) in [5.41, 5.74) is 7.04. The Labute approximate surface area is 131 Å². The Hall–Kier alpha value is -1.88. The van der Waals surface area contributed by atoms with Gasteiger partial charge in [-0.05, 0) is 52.7 Å². The maximum atomic E-state index is 14.1. The molecule has 1 amide bonds. The smallest absolute Gasteiger partial charge is 0.261 e. The summed E-state index contributed by atoms with van der Waals surface area (Å²) in [6.45, 7) is 2.46. The fraction of sp³-hybridized carbons (Fsp3) is 0.188. The van der Waals surface area contributed by atoms with Crippen LogP contribution < -0.4 is 10.6 Å². The zero-order valence-corrected chi connectivity index (χ0v) is 13.2. The zero-order valence-electron chi connectivity index (χ0n) is 11.6. The molecule has 0 atom stereocenters. The molecule has 0 unspecified atom stereocenters. The van der Waals surface area contributed by atoms with Crippen LogP contribution in [0.15, 0.2) is 46.9 Å². The van der Waals surface area contributed by atoms with E-state index >= 15 is 0 Å². The lowest BCUT2D eigenvalue weighted by Gasteiger charge is -2.23. The molecule has 2 aromatic rings. The van der Waals surface area contributed by atoms with Crippen molar-refractivity contribution in [3.8, 4) is 0 Å². The number of hydrogen-bond acceptors (Lipinski definition) is 2. The average Bonchev–Trinajstić information content (AvgIpc) is 2.47. The van der Waals surface area contributed by atoms with E-state index in [1.165, 1.54) is 6.07 Å². The summed E-state index contributed by atoms with van der Waals surface area (Å²) in [4.78, 5) is 14.2. The number of carbonyl (C=O) groups excluding carboxylic acids is 1. The quantitative estimate of drug-likeness (QED) is 0.838. The number of amides is 1. The first-order chi connectivity index (χ1) is 10.0. The molecule has 2 aromatic carbocycles. The molecule has 21 heavy (non-hydrogen) atoms. The van der Waals surface area contributed by atoms with E-state index in [0.717, 1.165) is 6.42 Å². The molecule has 2 N–H and O–H groups in total. The highest BCUT2D eigenvalue weighted by Crippen LogP contribution is 2.24. The van der Waals surface area contributed by atoms with E-state index in [4.69, 9.17) is 5.73 Å². The molecular weight excluding hydrogens is 335 g/mol. The van der Waals surface area contributed by atoms with Gasteiger partial charge in [-0.2, -0.15) is 0 Å². The molecule has 0 saturated heterocycles. The van der Waals surface area contributed by atoms with E-state index in [1.807, 2.05) is 6.92 Å². The Kier molecular flexibility index (Phi) is 4.96. The minimum absolute atomic E-state index is 0.0419. The number of anilines is 2. The lowest BCUT2D eigenvalue weighted by molar-refractivity contribution is 0.0983. The number of nitrogens with zero attached hydrogens (tertiary/aromatic N) is 1. The van der Waals surface area contributed by atoms with Crippen molar-refractivity contribution in [1.82, 2.24) is 0 Å². The van der Waals surface area contributed by atoms with Gasteiger partial charge in [-0.3, -0.25) is 4.79 Å². The van der Waals surface area contributed by atoms with Gasteiger partial charge in [-0.25, -0.2) is 4.39 Å². The molecule has 0 bridgehead atoms. The highest BCUT2D eigenvalue weighted by molar-refractivity contribution is 9.10. The second-order valence-corrected chi connectivity index (χ2v) is 5.51. The summed E-state index contributed by atoms with van der Waals surface area (Å²) in [6, 6.07) is 11.7. The Bertz CT molecular complexity index is 660. The Balaban J connectivity index is 2.42. The number of halogens is 2. The van der Waals surface area contributed by atoms with Gasteiger partial charge in [0.1, 0.15) is 5.82 Å². The maximum absolute atomic E-state index is 14.1. The topological polar surface area (TPSA) is 46.3 Å². The third-order valence-electron chi connectivity index (χ3n) is 3.06. The van der Waals surface area contributed by atoms with E-state index in [1.54, 1.807) is 41.3 Å². The second-order valence-electron chi connectivity index (χ2n) is 4.65. The Morgan fingerprint density at radius 3 is 2.67 bits per heavy atom. The van der Waals surface area contributed by atoms with Crippen LogP contribution in [0.3, 0.4) is 0 Å². The van der Waals surface area contributed by atoms with E-state index in [0.29, 0.717) is 17.9 Å². The predicted octanol–water partition coefficient (Wildman–Crippen LogP) is 4.23. The molecule has 3 nitrogen and oxygen atoms in total. The third kappa shape index (κ3) is 3.42. The normalized spacial score (nSPS) is 10.4. The van der Waals surface area contributed by atoms with E-state index in [9.17, 15) is 9.18 Å². The standard InChI is InChI=1S/C16H16BrFN2O/c1-2-9-20(12-6-3-5-11(19)10-12)16(21)13-7-4-8-14(17)15(13)18/h3-8,10H,2,9,19H2,1H3. The van der Waals surface area contributed by atoms with Gasteiger partial charge in [0.15, 0.2) is 0 Å². The number of benzene rings is 2. The molecule has 0 aliphatic carbocycles. The van der Waals surface area contributed by atoms with Crippen molar-refractivity contribution >= 4 is 33.2 Å². The van der Waals surface area contributed by atoms with Crippen molar-refractivity contribution in [2.24, 2.45) is 0 Å². The highest BCUT2D eigenvalue weighted by Gasteiger charge is 2.21. The molecule has 0 fully saturated rings. The van der Waals surface area contributed by atoms with Crippen LogP contribution in [-0.4, -0.2) is 12.5 Å². The van der Waals surface area contributed by atoms with Crippen molar-refractivity contribution in [3.05, 3.63) is 58.3 Å². The number of hydrogen-bond donors (Lipinski definition) is 1. The van der Waals surface area contributed by atoms with Crippen molar-refractivity contribution in [3.63, 3.8) is 0 Å². The van der Waals surface area contributed by atoms with Crippen LogP contribution in [0.5, 0.6) is 0 Å². The molecule has 0 spiro atoms. The first-order valence-corrected chi connectivity index (χ1v) is 7.45.